The van der Waals surface area contributed by atoms with Gasteiger partial charge in [-0.15, -0.1) is 0 Å². The Labute approximate surface area is 192 Å². The Hall–Kier alpha value is -3.23. The van der Waals surface area contributed by atoms with Crippen molar-refractivity contribution in [1.29, 1.82) is 5.41 Å². The zero-order valence-electron chi connectivity index (χ0n) is 19.2. The number of primary amides is 1. The summed E-state index contributed by atoms with van der Waals surface area (Å²) in [7, 11) is 0. The van der Waals surface area contributed by atoms with Crippen molar-refractivity contribution in [3.05, 3.63) is 47.8 Å². The largest absolute Gasteiger partial charge is 0.444 e. The molecule has 9 heteroatoms. The summed E-state index contributed by atoms with van der Waals surface area (Å²) in [6, 6.07) is 2.17. The van der Waals surface area contributed by atoms with Crippen LogP contribution in [-0.2, 0) is 20.7 Å². The molecule has 2 aliphatic rings. The number of halogens is 1. The second-order valence-electron chi connectivity index (χ2n) is 9.65. The number of nitrogens with two attached hydrogens (primary N) is 1. The maximum absolute atomic E-state index is 14.6. The lowest BCUT2D eigenvalue weighted by molar-refractivity contribution is -0.132. The van der Waals surface area contributed by atoms with Crippen molar-refractivity contribution >= 4 is 23.6 Å². The molecule has 4 atom stereocenters. The number of nitrogens with one attached hydrogen (secondary N) is 2. The number of carbonyl (C=O) groups is 3. The minimum atomic E-state index is -1.16. The Kier molecular flexibility index (Phi) is 6.90. The van der Waals surface area contributed by atoms with Gasteiger partial charge in [0.2, 0.25) is 11.8 Å². The van der Waals surface area contributed by atoms with Crippen LogP contribution >= 0.6 is 0 Å². The summed E-state index contributed by atoms with van der Waals surface area (Å²) in [5.41, 5.74) is 5.39. The number of hydrogen-bond donors (Lipinski definition) is 3. The molecule has 1 aromatic rings. The van der Waals surface area contributed by atoms with Gasteiger partial charge in [0.1, 0.15) is 23.5 Å². The first-order valence-corrected chi connectivity index (χ1v) is 11.0. The Morgan fingerprint density at radius 1 is 1.36 bits per heavy atom. The molecule has 1 saturated carbocycles. The summed E-state index contributed by atoms with van der Waals surface area (Å²) in [6.45, 7) is 8.77. The third-order valence-electron chi connectivity index (χ3n) is 6.11. The van der Waals surface area contributed by atoms with Gasteiger partial charge in [0.05, 0.1) is 5.71 Å². The lowest BCUT2D eigenvalue weighted by atomic mass is 9.96. The number of amides is 3. The van der Waals surface area contributed by atoms with E-state index in [0.717, 1.165) is 12.8 Å². The zero-order valence-corrected chi connectivity index (χ0v) is 19.2. The van der Waals surface area contributed by atoms with E-state index in [9.17, 15) is 18.8 Å². The highest BCUT2D eigenvalue weighted by Gasteiger charge is 2.52. The van der Waals surface area contributed by atoms with E-state index in [4.69, 9.17) is 15.9 Å². The highest BCUT2D eigenvalue weighted by molar-refractivity contribution is 6.06. The number of hydrogen-bond acceptors (Lipinski definition) is 5. The molecule has 0 aromatic heterocycles. The van der Waals surface area contributed by atoms with Crippen molar-refractivity contribution in [2.45, 2.75) is 70.2 Å². The first kappa shape index (κ1) is 24.4. The summed E-state index contributed by atoms with van der Waals surface area (Å²) in [6.07, 6.45) is 2.88. The fourth-order valence-electron chi connectivity index (χ4n) is 4.60. The van der Waals surface area contributed by atoms with Crippen molar-refractivity contribution in [1.82, 2.24) is 10.2 Å². The van der Waals surface area contributed by atoms with Crippen LogP contribution in [0.25, 0.3) is 0 Å². The first-order chi connectivity index (χ1) is 15.4. The van der Waals surface area contributed by atoms with Crippen LogP contribution in [-0.4, -0.2) is 52.2 Å². The number of ether oxygens (including phenoxy) is 1. The molecule has 3 rings (SSSR count). The predicted octanol–water partition coefficient (Wildman–Crippen LogP) is 2.68. The quantitative estimate of drug-likeness (QED) is 0.543. The molecular weight excluding hydrogens is 427 g/mol. The van der Waals surface area contributed by atoms with E-state index >= 15 is 0 Å². The highest BCUT2D eigenvalue weighted by Crippen LogP contribution is 2.43. The number of fused-ring (bicyclic) bond motifs is 2. The molecule has 1 aliphatic carbocycles. The van der Waals surface area contributed by atoms with Crippen molar-refractivity contribution in [2.24, 2.45) is 11.7 Å². The van der Waals surface area contributed by atoms with E-state index in [1.807, 2.05) is 0 Å². The summed E-state index contributed by atoms with van der Waals surface area (Å²) >= 11 is 0. The van der Waals surface area contributed by atoms with Crippen LogP contribution < -0.4 is 11.1 Å². The molecule has 0 spiro atoms. The summed E-state index contributed by atoms with van der Waals surface area (Å²) < 4.78 is 20.1. The van der Waals surface area contributed by atoms with Crippen molar-refractivity contribution < 1.29 is 23.5 Å². The van der Waals surface area contributed by atoms with Crippen LogP contribution in [0.3, 0.4) is 0 Å². The van der Waals surface area contributed by atoms with Crippen LogP contribution in [0.1, 0.15) is 51.2 Å². The molecule has 2 bridgehead atoms. The van der Waals surface area contributed by atoms with E-state index in [2.05, 4.69) is 11.9 Å². The third-order valence-corrected chi connectivity index (χ3v) is 6.11. The fraction of sp³-hybridized carbons (Fsp3) is 0.500. The topological polar surface area (TPSA) is 126 Å². The van der Waals surface area contributed by atoms with Crippen LogP contribution in [0.5, 0.6) is 0 Å². The van der Waals surface area contributed by atoms with Crippen molar-refractivity contribution in [3.63, 3.8) is 0 Å². The Balaban J connectivity index is 1.76. The van der Waals surface area contributed by atoms with E-state index in [1.165, 1.54) is 23.1 Å². The minimum Gasteiger partial charge on any atom is -0.444 e. The lowest BCUT2D eigenvalue weighted by Crippen LogP contribution is -2.57. The Morgan fingerprint density at radius 3 is 2.64 bits per heavy atom. The van der Waals surface area contributed by atoms with E-state index < -0.39 is 41.4 Å². The van der Waals surface area contributed by atoms with Gasteiger partial charge in [-0.05, 0) is 63.7 Å². The molecule has 178 valence electrons. The monoisotopic (exact) mass is 458 g/mol. The van der Waals surface area contributed by atoms with Gasteiger partial charge in [-0.1, -0.05) is 18.7 Å². The predicted molar refractivity (Wildman–Crippen MR) is 121 cm³/mol. The van der Waals surface area contributed by atoms with Crippen molar-refractivity contribution in [2.75, 3.05) is 0 Å². The SMILES string of the molecule is C=CC(=N)c1ccc(C[C@H](NC(=O)[C@@H]2[C@H]3CC[C@H](C3)N2C(=O)OC(C)(C)C)C(N)=O)c(F)c1. The second-order valence-corrected chi connectivity index (χ2v) is 9.65. The van der Waals surface area contributed by atoms with Crippen LogP contribution in [0.4, 0.5) is 9.18 Å². The normalized spacial score (nSPS) is 22.5. The number of nitrogens with zero attached hydrogens (tertiary/aromatic N) is 1. The van der Waals surface area contributed by atoms with Crippen LogP contribution in [0.2, 0.25) is 0 Å². The highest BCUT2D eigenvalue weighted by atomic mass is 19.1. The van der Waals surface area contributed by atoms with Gasteiger partial charge in [0, 0.05) is 18.0 Å². The molecule has 0 unspecified atom stereocenters. The standard InChI is InChI=1S/C24H31FN4O4/c1-5-18(26)14-7-6-13(17(25)11-14)12-19(21(27)30)28-22(31)20-15-8-9-16(10-15)29(20)23(32)33-24(2,3)4/h5-7,11,15-16,19-20,26H,1,8-10,12H2,2-4H3,(H2,27,30)(H,28,31)/t15-,16+,19-,20-/m0/s1. The molecule has 2 fully saturated rings. The summed E-state index contributed by atoms with van der Waals surface area (Å²) in [4.78, 5) is 39.5. The fourth-order valence-corrected chi connectivity index (χ4v) is 4.60. The molecule has 0 radical (unpaired) electrons. The number of rotatable bonds is 7. The van der Waals surface area contributed by atoms with Gasteiger partial charge in [-0.25, -0.2) is 9.18 Å². The maximum Gasteiger partial charge on any atom is 0.411 e. The van der Waals surface area contributed by atoms with Gasteiger partial charge in [0.25, 0.3) is 0 Å². The van der Waals surface area contributed by atoms with Crippen molar-refractivity contribution in [3.8, 4) is 0 Å². The van der Waals surface area contributed by atoms with Gasteiger partial charge in [-0.3, -0.25) is 14.5 Å². The first-order valence-electron chi connectivity index (χ1n) is 11.0. The molecule has 4 N–H and O–H groups in total. The molecule has 1 saturated heterocycles. The average molecular weight is 459 g/mol. The van der Waals surface area contributed by atoms with E-state index in [0.29, 0.717) is 12.0 Å². The van der Waals surface area contributed by atoms with Gasteiger partial charge >= 0.3 is 6.09 Å². The number of carbonyl (C=O) groups excluding carboxylic acids is 3. The second kappa shape index (κ2) is 9.33. The van der Waals surface area contributed by atoms with Crippen LogP contribution in [0, 0.1) is 17.1 Å². The molecule has 1 heterocycles. The van der Waals surface area contributed by atoms with Gasteiger partial charge in [0.15, 0.2) is 0 Å². The number of piperidine rings is 1. The molecule has 1 aromatic carbocycles. The Morgan fingerprint density at radius 2 is 2.06 bits per heavy atom. The third kappa shape index (κ3) is 5.40. The van der Waals surface area contributed by atoms with Gasteiger partial charge < -0.3 is 21.2 Å². The molecular formula is C24H31FN4O4. The average Bonchev–Trinajstić information content (AvgIpc) is 3.34. The number of likely N-dealkylation sites (tertiary alicyclic amines) is 1. The Bertz CT molecular complexity index is 987. The molecule has 8 nitrogen and oxygen atoms in total. The van der Waals surface area contributed by atoms with E-state index in [-0.39, 0.29) is 29.7 Å². The lowest BCUT2D eigenvalue weighted by Gasteiger charge is -2.36. The number of allylic oxidation sites excluding steroid dienone is 1. The van der Waals surface area contributed by atoms with Gasteiger partial charge in [-0.2, -0.15) is 0 Å². The molecule has 3 amide bonds. The minimum absolute atomic E-state index is 0.0306. The summed E-state index contributed by atoms with van der Waals surface area (Å²) in [5, 5.41) is 10.4. The molecule has 1 aliphatic heterocycles. The smallest absolute Gasteiger partial charge is 0.411 e. The molecule has 33 heavy (non-hydrogen) atoms. The van der Waals surface area contributed by atoms with Crippen LogP contribution in [0.15, 0.2) is 30.9 Å². The zero-order chi connectivity index (χ0) is 24.5. The maximum atomic E-state index is 14.6. The summed E-state index contributed by atoms with van der Waals surface area (Å²) in [5.74, 6) is -1.95. The van der Waals surface area contributed by atoms with E-state index in [1.54, 1.807) is 26.8 Å². The number of benzene rings is 1.